The maximum absolute atomic E-state index is 11.4. The zero-order chi connectivity index (χ0) is 13.0. The molecule has 1 saturated heterocycles. The molecule has 18 heavy (non-hydrogen) atoms. The summed E-state index contributed by atoms with van der Waals surface area (Å²) in [7, 11) is 0. The summed E-state index contributed by atoms with van der Waals surface area (Å²) in [6.45, 7) is 7.50. The predicted octanol–water partition coefficient (Wildman–Crippen LogP) is 2.10. The fraction of sp³-hybridized carbons (Fsp3) is 0.667. The number of nitrogens with zero attached hydrogens (tertiary/aromatic N) is 3. The number of anilines is 1. The van der Waals surface area contributed by atoms with Crippen molar-refractivity contribution >= 4 is 33.9 Å². The van der Waals surface area contributed by atoms with Crippen molar-refractivity contribution < 1.29 is 4.79 Å². The number of Topliss-reactive ketones (excluding diaryl/α,β-unsaturated/α-hetero) is 1. The first-order valence-electron chi connectivity index (χ1n) is 6.26. The van der Waals surface area contributed by atoms with Crippen LogP contribution in [-0.4, -0.2) is 54.3 Å². The maximum atomic E-state index is 11.4. The third-order valence-electron chi connectivity index (χ3n) is 3.08. The molecule has 1 aliphatic rings. The molecule has 0 bridgehead atoms. The van der Waals surface area contributed by atoms with Crippen LogP contribution in [0.2, 0.25) is 0 Å². The van der Waals surface area contributed by atoms with Gasteiger partial charge in [-0.05, 0) is 13.0 Å². The van der Waals surface area contributed by atoms with E-state index in [1.807, 2.05) is 0 Å². The molecule has 4 nitrogen and oxygen atoms in total. The molecule has 2 rings (SSSR count). The molecule has 0 aromatic carbocycles. The Morgan fingerprint density at radius 1 is 1.44 bits per heavy atom. The van der Waals surface area contributed by atoms with Gasteiger partial charge in [0.15, 0.2) is 10.9 Å². The van der Waals surface area contributed by atoms with Crippen molar-refractivity contribution in [2.45, 2.75) is 13.3 Å². The topological polar surface area (TPSA) is 36.4 Å². The highest BCUT2D eigenvalue weighted by Gasteiger charge is 2.19. The molecule has 0 saturated carbocycles. The number of halogens is 1. The zero-order valence-corrected chi connectivity index (χ0v) is 12.1. The van der Waals surface area contributed by atoms with Crippen LogP contribution in [0, 0.1) is 0 Å². The number of rotatable bonds is 5. The number of hydrogen-bond donors (Lipinski definition) is 0. The van der Waals surface area contributed by atoms with Gasteiger partial charge in [0.25, 0.3) is 0 Å². The van der Waals surface area contributed by atoms with Crippen molar-refractivity contribution in [2.24, 2.45) is 0 Å². The first-order valence-corrected chi connectivity index (χ1v) is 7.68. The van der Waals surface area contributed by atoms with Crippen LogP contribution in [-0.2, 0) is 0 Å². The van der Waals surface area contributed by atoms with Gasteiger partial charge in [-0.25, -0.2) is 4.98 Å². The highest BCUT2D eigenvalue weighted by atomic mass is 35.5. The minimum absolute atomic E-state index is 0.00739. The lowest BCUT2D eigenvalue weighted by Crippen LogP contribution is -2.46. The van der Waals surface area contributed by atoms with Crippen molar-refractivity contribution in [3.63, 3.8) is 0 Å². The largest absolute Gasteiger partial charge is 0.346 e. The van der Waals surface area contributed by atoms with Gasteiger partial charge in [-0.15, -0.1) is 22.9 Å². The Bertz CT molecular complexity index is 402. The van der Waals surface area contributed by atoms with Crippen molar-refractivity contribution in [3.8, 4) is 0 Å². The van der Waals surface area contributed by atoms with Crippen LogP contribution in [0.15, 0.2) is 5.38 Å². The van der Waals surface area contributed by atoms with E-state index in [4.69, 9.17) is 11.6 Å². The first kappa shape index (κ1) is 13.8. The van der Waals surface area contributed by atoms with E-state index in [0.717, 1.165) is 31.3 Å². The van der Waals surface area contributed by atoms with Crippen LogP contribution >= 0.6 is 22.9 Å². The summed E-state index contributed by atoms with van der Waals surface area (Å²) in [5.41, 5.74) is 0.501. The van der Waals surface area contributed by atoms with Gasteiger partial charge in [0.1, 0.15) is 5.69 Å². The minimum Gasteiger partial charge on any atom is -0.346 e. The number of thiazole rings is 1. The van der Waals surface area contributed by atoms with Crippen LogP contribution in [0.1, 0.15) is 23.8 Å². The fourth-order valence-electron chi connectivity index (χ4n) is 2.09. The molecule has 0 N–H and O–H groups in total. The number of ketones is 1. The standard InChI is InChI=1S/C12H18ClN3OS/c1-2-3-15-4-6-16(7-5-15)12-14-10(9-18-12)11(17)8-13/h9H,2-8H2,1H3. The van der Waals surface area contributed by atoms with Crippen LogP contribution in [0.25, 0.3) is 0 Å². The number of carbonyl (C=O) groups excluding carboxylic acids is 1. The van der Waals surface area contributed by atoms with Gasteiger partial charge in [-0.3, -0.25) is 9.69 Å². The van der Waals surface area contributed by atoms with Crippen LogP contribution in [0.4, 0.5) is 5.13 Å². The molecule has 6 heteroatoms. The molecule has 1 aliphatic heterocycles. The Kier molecular flexibility index (Phi) is 4.97. The normalized spacial score (nSPS) is 17.1. The second-order valence-electron chi connectivity index (χ2n) is 4.40. The van der Waals surface area contributed by atoms with E-state index in [2.05, 4.69) is 21.7 Å². The molecule has 0 spiro atoms. The quantitative estimate of drug-likeness (QED) is 0.614. The van der Waals surface area contributed by atoms with Gasteiger partial charge in [-0.1, -0.05) is 6.92 Å². The van der Waals surface area contributed by atoms with E-state index in [1.54, 1.807) is 5.38 Å². The molecule has 1 aromatic rings. The molecule has 1 aromatic heterocycles. The second-order valence-corrected chi connectivity index (χ2v) is 5.50. The first-order chi connectivity index (χ1) is 8.74. The monoisotopic (exact) mass is 287 g/mol. The van der Waals surface area contributed by atoms with Crippen molar-refractivity contribution in [1.29, 1.82) is 0 Å². The number of aromatic nitrogens is 1. The third-order valence-corrected chi connectivity index (χ3v) is 4.23. The van der Waals surface area contributed by atoms with Crippen LogP contribution < -0.4 is 4.90 Å². The Morgan fingerprint density at radius 3 is 2.78 bits per heavy atom. The molecule has 0 aliphatic carbocycles. The van der Waals surface area contributed by atoms with Crippen LogP contribution in [0.3, 0.4) is 0 Å². The molecular formula is C12H18ClN3OS. The molecular weight excluding hydrogens is 270 g/mol. The third kappa shape index (κ3) is 3.22. The summed E-state index contributed by atoms with van der Waals surface area (Å²) in [4.78, 5) is 20.5. The second kappa shape index (κ2) is 6.50. The van der Waals surface area contributed by atoms with Gasteiger partial charge in [0.05, 0.1) is 5.88 Å². The highest BCUT2D eigenvalue weighted by Crippen LogP contribution is 2.22. The SMILES string of the molecule is CCCN1CCN(c2nc(C(=O)CCl)cs2)CC1. The van der Waals surface area contributed by atoms with Gasteiger partial charge in [-0.2, -0.15) is 0 Å². The molecule has 1 fully saturated rings. The summed E-state index contributed by atoms with van der Waals surface area (Å²) in [6.07, 6.45) is 1.20. The lowest BCUT2D eigenvalue weighted by molar-refractivity contribution is 0.101. The molecule has 0 atom stereocenters. The van der Waals surface area contributed by atoms with Crippen molar-refractivity contribution in [1.82, 2.24) is 9.88 Å². The number of carbonyl (C=O) groups is 1. The van der Waals surface area contributed by atoms with E-state index < -0.39 is 0 Å². The molecule has 0 unspecified atom stereocenters. The molecule has 0 radical (unpaired) electrons. The summed E-state index contributed by atoms with van der Waals surface area (Å²) < 4.78 is 0. The Labute approximate surface area is 117 Å². The van der Waals surface area contributed by atoms with Gasteiger partial charge in [0, 0.05) is 31.6 Å². The smallest absolute Gasteiger partial charge is 0.196 e. The average molecular weight is 288 g/mol. The van der Waals surface area contributed by atoms with E-state index in [0.29, 0.717) is 5.69 Å². The predicted molar refractivity (Wildman–Crippen MR) is 76.1 cm³/mol. The highest BCUT2D eigenvalue weighted by molar-refractivity contribution is 7.14. The Hall–Kier alpha value is -0.650. The van der Waals surface area contributed by atoms with Gasteiger partial charge >= 0.3 is 0 Å². The zero-order valence-electron chi connectivity index (χ0n) is 10.6. The average Bonchev–Trinajstić information content (AvgIpc) is 2.89. The van der Waals surface area contributed by atoms with E-state index in [-0.39, 0.29) is 11.7 Å². The fourth-order valence-corrected chi connectivity index (χ4v) is 3.11. The number of alkyl halides is 1. The molecule has 0 amide bonds. The Balaban J connectivity index is 1.93. The molecule has 100 valence electrons. The van der Waals surface area contributed by atoms with E-state index in [9.17, 15) is 4.79 Å². The van der Waals surface area contributed by atoms with Gasteiger partial charge in [0.2, 0.25) is 0 Å². The summed E-state index contributed by atoms with van der Waals surface area (Å²) in [6, 6.07) is 0. The van der Waals surface area contributed by atoms with E-state index in [1.165, 1.54) is 24.3 Å². The number of piperazine rings is 1. The summed E-state index contributed by atoms with van der Waals surface area (Å²) in [5.74, 6) is -0.0863. The van der Waals surface area contributed by atoms with Crippen LogP contribution in [0.5, 0.6) is 0 Å². The lowest BCUT2D eigenvalue weighted by atomic mass is 10.3. The Morgan fingerprint density at radius 2 is 2.17 bits per heavy atom. The molecule has 2 heterocycles. The van der Waals surface area contributed by atoms with Crippen molar-refractivity contribution in [2.75, 3.05) is 43.5 Å². The summed E-state index contributed by atoms with van der Waals surface area (Å²) in [5, 5.41) is 2.75. The maximum Gasteiger partial charge on any atom is 0.196 e. The van der Waals surface area contributed by atoms with E-state index >= 15 is 0 Å². The summed E-state index contributed by atoms with van der Waals surface area (Å²) >= 11 is 7.06. The van der Waals surface area contributed by atoms with Gasteiger partial charge < -0.3 is 4.90 Å². The lowest BCUT2D eigenvalue weighted by Gasteiger charge is -2.34. The van der Waals surface area contributed by atoms with Crippen molar-refractivity contribution in [3.05, 3.63) is 11.1 Å². The minimum atomic E-state index is -0.0937. The number of hydrogen-bond acceptors (Lipinski definition) is 5.